The Morgan fingerprint density at radius 3 is 3.11 bits per heavy atom. The van der Waals surface area contributed by atoms with Gasteiger partial charge < -0.3 is 15.6 Å². The maximum absolute atomic E-state index is 11.0. The molecule has 1 aromatic heterocycles. The van der Waals surface area contributed by atoms with Crippen LogP contribution in [-0.4, -0.2) is 18.1 Å². The molecule has 100 valence electrons. The first-order valence-corrected chi connectivity index (χ1v) is 7.41. The predicted molar refractivity (Wildman–Crippen MR) is 78.9 cm³/mol. The van der Waals surface area contributed by atoms with Gasteiger partial charge in [-0.25, -0.2) is 0 Å². The number of thiazole rings is 1. The van der Waals surface area contributed by atoms with E-state index in [0.29, 0.717) is 5.92 Å². The Bertz CT molecular complexity index is 604. The summed E-state index contributed by atoms with van der Waals surface area (Å²) in [5.41, 5.74) is 3.61. The Kier molecular flexibility index (Phi) is 3.66. The summed E-state index contributed by atoms with van der Waals surface area (Å²) >= 11 is 1.22. The fraction of sp³-hybridized carbons (Fsp3) is 0.357. The van der Waals surface area contributed by atoms with Crippen LogP contribution in [0.4, 0.5) is 5.69 Å². The van der Waals surface area contributed by atoms with Crippen molar-refractivity contribution in [1.29, 1.82) is 0 Å². The molecule has 0 spiro atoms. The standard InChI is InChI=1S/C14H17N3OS/c18-14-17-11(9-19-14)8-15-7-10-5-6-16-13-4-2-1-3-12(10)13/h1-4,9-10,15-16H,5-8H2,(H,17,18). The number of aromatic nitrogens is 1. The van der Waals surface area contributed by atoms with E-state index in [1.165, 1.54) is 22.6 Å². The minimum Gasteiger partial charge on any atom is -0.385 e. The van der Waals surface area contributed by atoms with Crippen LogP contribution in [0, 0.1) is 0 Å². The minimum absolute atomic E-state index is 0.0176. The molecule has 0 fully saturated rings. The molecular formula is C14H17N3OS. The first-order chi connectivity index (χ1) is 9.33. The lowest BCUT2D eigenvalue weighted by Crippen LogP contribution is -2.26. The zero-order valence-electron chi connectivity index (χ0n) is 10.6. The number of hydrogen-bond donors (Lipinski definition) is 3. The Morgan fingerprint density at radius 2 is 2.26 bits per heavy atom. The average molecular weight is 275 g/mol. The summed E-state index contributed by atoms with van der Waals surface area (Å²) in [7, 11) is 0. The number of aromatic amines is 1. The van der Waals surface area contributed by atoms with E-state index in [4.69, 9.17) is 0 Å². The molecule has 5 heteroatoms. The lowest BCUT2D eigenvalue weighted by Gasteiger charge is -2.26. The average Bonchev–Trinajstić information content (AvgIpc) is 2.85. The van der Waals surface area contributed by atoms with Gasteiger partial charge in [0.25, 0.3) is 0 Å². The number of rotatable bonds is 4. The zero-order chi connectivity index (χ0) is 13.1. The van der Waals surface area contributed by atoms with Crippen molar-refractivity contribution in [2.24, 2.45) is 0 Å². The quantitative estimate of drug-likeness (QED) is 0.801. The van der Waals surface area contributed by atoms with Crippen molar-refractivity contribution in [1.82, 2.24) is 10.3 Å². The number of anilines is 1. The second-order valence-electron chi connectivity index (χ2n) is 4.80. The van der Waals surface area contributed by atoms with Crippen molar-refractivity contribution >= 4 is 17.0 Å². The lowest BCUT2D eigenvalue weighted by atomic mass is 9.91. The molecule has 1 unspecified atom stereocenters. The van der Waals surface area contributed by atoms with Crippen LogP contribution in [0.2, 0.25) is 0 Å². The van der Waals surface area contributed by atoms with Gasteiger partial charge in [-0.05, 0) is 18.1 Å². The van der Waals surface area contributed by atoms with Crippen LogP contribution < -0.4 is 15.5 Å². The van der Waals surface area contributed by atoms with Gasteiger partial charge in [-0.3, -0.25) is 4.79 Å². The van der Waals surface area contributed by atoms with Gasteiger partial charge in [0.05, 0.1) is 0 Å². The van der Waals surface area contributed by atoms with Crippen LogP contribution in [0.25, 0.3) is 0 Å². The van der Waals surface area contributed by atoms with Gasteiger partial charge in [0.15, 0.2) is 0 Å². The normalized spacial score (nSPS) is 17.8. The van der Waals surface area contributed by atoms with Gasteiger partial charge in [-0.15, -0.1) is 0 Å². The van der Waals surface area contributed by atoms with Crippen molar-refractivity contribution in [3.05, 3.63) is 50.6 Å². The first-order valence-electron chi connectivity index (χ1n) is 6.53. The summed E-state index contributed by atoms with van der Waals surface area (Å²) in [6, 6.07) is 8.49. The van der Waals surface area contributed by atoms with Crippen molar-refractivity contribution in [3.8, 4) is 0 Å². The molecule has 0 bridgehead atoms. The van der Waals surface area contributed by atoms with E-state index in [2.05, 4.69) is 39.9 Å². The molecular weight excluding hydrogens is 258 g/mol. The Labute approximate surface area is 115 Å². The number of nitrogens with one attached hydrogen (secondary N) is 3. The van der Waals surface area contributed by atoms with Crippen molar-refractivity contribution in [2.75, 3.05) is 18.4 Å². The van der Waals surface area contributed by atoms with E-state index < -0.39 is 0 Å². The summed E-state index contributed by atoms with van der Waals surface area (Å²) < 4.78 is 0. The SMILES string of the molecule is O=c1[nH]c(CNCC2CCNc3ccccc32)cs1. The molecule has 1 aromatic carbocycles. The van der Waals surface area contributed by atoms with Crippen LogP contribution >= 0.6 is 11.3 Å². The van der Waals surface area contributed by atoms with E-state index in [-0.39, 0.29) is 4.87 Å². The fourth-order valence-corrected chi connectivity index (χ4v) is 3.13. The zero-order valence-corrected chi connectivity index (χ0v) is 11.4. The highest BCUT2D eigenvalue weighted by Crippen LogP contribution is 2.30. The van der Waals surface area contributed by atoms with Crippen LogP contribution in [-0.2, 0) is 6.54 Å². The van der Waals surface area contributed by atoms with Gasteiger partial charge in [0.2, 0.25) is 0 Å². The minimum atomic E-state index is 0.0176. The van der Waals surface area contributed by atoms with Gasteiger partial charge >= 0.3 is 4.87 Å². The van der Waals surface area contributed by atoms with Crippen molar-refractivity contribution in [3.63, 3.8) is 0 Å². The second kappa shape index (κ2) is 5.59. The number of H-pyrrole nitrogens is 1. The predicted octanol–water partition coefficient (Wildman–Crippen LogP) is 2.13. The van der Waals surface area contributed by atoms with Crippen LogP contribution in [0.15, 0.2) is 34.4 Å². The van der Waals surface area contributed by atoms with Crippen LogP contribution in [0.3, 0.4) is 0 Å². The number of fused-ring (bicyclic) bond motifs is 1. The molecule has 0 saturated carbocycles. The molecule has 0 saturated heterocycles. The molecule has 2 aromatic rings. The topological polar surface area (TPSA) is 56.9 Å². The highest BCUT2D eigenvalue weighted by atomic mass is 32.1. The third kappa shape index (κ3) is 2.88. The van der Waals surface area contributed by atoms with Gasteiger partial charge in [0, 0.05) is 42.3 Å². The van der Waals surface area contributed by atoms with Crippen LogP contribution in [0.5, 0.6) is 0 Å². The van der Waals surface area contributed by atoms with E-state index in [1.807, 2.05) is 5.38 Å². The third-order valence-electron chi connectivity index (χ3n) is 3.49. The Hall–Kier alpha value is -1.59. The third-order valence-corrected chi connectivity index (χ3v) is 4.20. The molecule has 1 aliphatic heterocycles. The van der Waals surface area contributed by atoms with Crippen molar-refractivity contribution < 1.29 is 0 Å². The summed E-state index contributed by atoms with van der Waals surface area (Å²) in [6.45, 7) is 2.69. The maximum atomic E-state index is 11.0. The molecule has 0 radical (unpaired) electrons. The Balaban J connectivity index is 1.60. The molecule has 1 atom stereocenters. The summed E-state index contributed by atoms with van der Waals surface area (Å²) in [5.74, 6) is 0.544. The molecule has 2 heterocycles. The fourth-order valence-electron chi connectivity index (χ4n) is 2.54. The van der Waals surface area contributed by atoms with Gasteiger partial charge in [-0.2, -0.15) is 0 Å². The summed E-state index contributed by atoms with van der Waals surface area (Å²) in [6.07, 6.45) is 1.14. The highest BCUT2D eigenvalue weighted by Gasteiger charge is 2.18. The molecule has 0 amide bonds. The van der Waals surface area contributed by atoms with E-state index >= 15 is 0 Å². The smallest absolute Gasteiger partial charge is 0.304 e. The van der Waals surface area contributed by atoms with E-state index in [9.17, 15) is 4.79 Å². The Morgan fingerprint density at radius 1 is 1.37 bits per heavy atom. The molecule has 4 nitrogen and oxygen atoms in total. The number of para-hydroxylation sites is 1. The molecule has 3 rings (SSSR count). The lowest BCUT2D eigenvalue weighted by molar-refractivity contribution is 0.548. The van der Waals surface area contributed by atoms with Gasteiger partial charge in [0.1, 0.15) is 0 Å². The maximum Gasteiger partial charge on any atom is 0.304 e. The summed E-state index contributed by atoms with van der Waals surface area (Å²) in [4.78, 5) is 13.9. The largest absolute Gasteiger partial charge is 0.385 e. The number of benzene rings is 1. The molecule has 3 N–H and O–H groups in total. The van der Waals surface area contributed by atoms with Crippen molar-refractivity contribution in [2.45, 2.75) is 18.9 Å². The van der Waals surface area contributed by atoms with Gasteiger partial charge in [-0.1, -0.05) is 29.5 Å². The molecule has 0 aliphatic carbocycles. The second-order valence-corrected chi connectivity index (χ2v) is 5.65. The highest BCUT2D eigenvalue weighted by molar-refractivity contribution is 7.07. The van der Waals surface area contributed by atoms with E-state index in [1.54, 1.807) is 0 Å². The summed E-state index contributed by atoms with van der Waals surface area (Å²) in [5, 5.41) is 8.75. The molecule has 1 aliphatic rings. The monoisotopic (exact) mass is 275 g/mol. The number of hydrogen-bond acceptors (Lipinski definition) is 4. The van der Waals surface area contributed by atoms with E-state index in [0.717, 1.165) is 31.7 Å². The molecule has 19 heavy (non-hydrogen) atoms. The first kappa shape index (κ1) is 12.4. The van der Waals surface area contributed by atoms with Crippen LogP contribution in [0.1, 0.15) is 23.6 Å².